The molecule has 2 N–H and O–H groups in total. The Balaban J connectivity index is 0.00000529. The lowest BCUT2D eigenvalue weighted by Gasteiger charge is -2.44. The van der Waals surface area contributed by atoms with Crippen molar-refractivity contribution in [3.05, 3.63) is 45.6 Å². The van der Waals surface area contributed by atoms with Gasteiger partial charge in [0.2, 0.25) is 0 Å². The molecule has 0 spiro atoms. The largest absolute Gasteiger partial charge is 0.478 e. The van der Waals surface area contributed by atoms with Crippen LogP contribution in [0.1, 0.15) is 42.8 Å². The molecule has 44 heavy (non-hydrogen) atoms. The number of halogens is 2. The Morgan fingerprint density at radius 3 is 2.41 bits per heavy atom. The van der Waals surface area contributed by atoms with Crippen LogP contribution in [0.4, 0.5) is 16.2 Å². The van der Waals surface area contributed by atoms with E-state index in [4.69, 9.17) is 21.1 Å². The summed E-state index contributed by atoms with van der Waals surface area (Å²) in [5.41, 5.74) is -0.641. The number of carbonyl (C=O) groups is 5. The van der Waals surface area contributed by atoms with Crippen molar-refractivity contribution in [1.29, 1.82) is 0 Å². The Morgan fingerprint density at radius 1 is 1.16 bits per heavy atom. The second kappa shape index (κ2) is 15.7. The van der Waals surface area contributed by atoms with Crippen LogP contribution in [-0.4, -0.2) is 91.3 Å². The van der Waals surface area contributed by atoms with E-state index in [1.807, 2.05) is 0 Å². The van der Waals surface area contributed by atoms with E-state index in [-0.39, 0.29) is 49.4 Å². The van der Waals surface area contributed by atoms with Gasteiger partial charge in [-0.25, -0.2) is 9.59 Å². The number of anilines is 2. The predicted molar refractivity (Wildman–Crippen MR) is 168 cm³/mol. The van der Waals surface area contributed by atoms with E-state index in [1.165, 1.54) is 15.9 Å². The normalized spacial score (nSPS) is 18.0. The zero-order valence-corrected chi connectivity index (χ0v) is 26.8. The summed E-state index contributed by atoms with van der Waals surface area (Å²) < 4.78 is 11.2. The molecule has 1 aromatic heterocycles. The Labute approximate surface area is 270 Å². The molecule has 2 atom stereocenters. The number of hydrogen-bond donors (Lipinski definition) is 2. The lowest BCUT2D eigenvalue weighted by molar-refractivity contribution is -0.157. The number of carbonyl (C=O) groups excluding carboxylic acids is 4. The fourth-order valence-corrected chi connectivity index (χ4v) is 6.26. The van der Waals surface area contributed by atoms with Crippen LogP contribution in [-0.2, 0) is 23.9 Å². The van der Waals surface area contributed by atoms with Gasteiger partial charge in [0.25, 0.3) is 11.8 Å². The average molecular weight is 672 g/mol. The van der Waals surface area contributed by atoms with E-state index in [9.17, 15) is 29.1 Å². The van der Waals surface area contributed by atoms with Crippen LogP contribution in [0, 0.1) is 5.92 Å². The smallest absolute Gasteiger partial charge is 0.414 e. The summed E-state index contributed by atoms with van der Waals surface area (Å²) in [5, 5.41) is 13.7. The van der Waals surface area contributed by atoms with Crippen LogP contribution in [0.3, 0.4) is 0 Å². The number of rotatable bonds is 14. The van der Waals surface area contributed by atoms with Crippen molar-refractivity contribution in [2.75, 3.05) is 49.2 Å². The standard InChI is InChI=1S/C29H35ClN4O8S.ClH/c1-19(2)29(27(38)39,31-12-4-3-5-14-35)34(26(37)23-10-11-24(30)43-23)17-22-16-33(28(40)42-22)21-8-6-20(7-9-21)32-13-15-41-18-25(32)36;/h6-11,14,19,22,31H,3-5,12-13,15-18H2,1-2H3,(H,38,39);1H/t22-,29-;/m1./s1. The summed E-state index contributed by atoms with van der Waals surface area (Å²) in [5.74, 6) is -2.58. The molecule has 0 saturated carbocycles. The van der Waals surface area contributed by atoms with Gasteiger partial charge in [0.1, 0.15) is 19.0 Å². The highest BCUT2D eigenvalue weighted by Gasteiger charge is 2.51. The maximum absolute atomic E-state index is 13.9. The van der Waals surface area contributed by atoms with Crippen LogP contribution < -0.4 is 15.1 Å². The van der Waals surface area contributed by atoms with Crippen molar-refractivity contribution < 1.29 is 38.6 Å². The van der Waals surface area contributed by atoms with Crippen molar-refractivity contribution in [3.8, 4) is 0 Å². The van der Waals surface area contributed by atoms with Gasteiger partial charge in [-0.3, -0.25) is 19.8 Å². The van der Waals surface area contributed by atoms with E-state index in [0.717, 1.165) is 17.6 Å². The number of carboxylic acid groups (broad SMARTS) is 1. The Hall–Kier alpha value is -3.23. The Bertz CT molecular complexity index is 1340. The molecule has 12 nitrogen and oxygen atoms in total. The first-order chi connectivity index (χ1) is 20.6. The van der Waals surface area contributed by atoms with Gasteiger partial charge in [0.15, 0.2) is 5.66 Å². The molecule has 0 aliphatic carbocycles. The minimum absolute atomic E-state index is 0. The average Bonchev–Trinajstić information content (AvgIpc) is 3.58. The maximum Gasteiger partial charge on any atom is 0.414 e. The van der Waals surface area contributed by atoms with Crippen LogP contribution in [0.5, 0.6) is 0 Å². The first kappa shape index (κ1) is 35.3. The number of thiophene rings is 1. The molecule has 2 fully saturated rings. The van der Waals surface area contributed by atoms with Crippen molar-refractivity contribution in [3.63, 3.8) is 0 Å². The van der Waals surface area contributed by atoms with Gasteiger partial charge >= 0.3 is 12.1 Å². The third kappa shape index (κ3) is 7.70. The van der Waals surface area contributed by atoms with E-state index in [2.05, 4.69) is 5.32 Å². The fraction of sp³-hybridized carbons (Fsp3) is 0.483. The van der Waals surface area contributed by atoms with Crippen LogP contribution >= 0.6 is 35.3 Å². The molecule has 4 rings (SSSR count). The first-order valence-electron chi connectivity index (χ1n) is 14.0. The van der Waals surface area contributed by atoms with E-state index >= 15 is 0 Å². The fourth-order valence-electron chi connectivity index (χ4n) is 5.26. The minimum atomic E-state index is -1.85. The summed E-state index contributed by atoms with van der Waals surface area (Å²) in [6.07, 6.45) is 0.745. The highest BCUT2D eigenvalue weighted by atomic mass is 35.5. The second-order valence-corrected chi connectivity index (χ2v) is 12.3. The zero-order valence-electron chi connectivity index (χ0n) is 24.4. The van der Waals surface area contributed by atoms with Gasteiger partial charge in [0, 0.05) is 30.3 Å². The molecule has 0 unspecified atom stereocenters. The molecular formula is C29H36Cl2N4O8S. The molecule has 15 heteroatoms. The molecule has 0 radical (unpaired) electrons. The number of nitrogens with one attached hydrogen (secondary N) is 1. The number of morpholine rings is 1. The quantitative estimate of drug-likeness (QED) is 0.173. The molecular weight excluding hydrogens is 635 g/mol. The lowest BCUT2D eigenvalue weighted by atomic mass is 9.92. The van der Waals surface area contributed by atoms with E-state index < -0.39 is 35.7 Å². The summed E-state index contributed by atoms with van der Waals surface area (Å²) >= 11 is 7.14. The number of amides is 3. The summed E-state index contributed by atoms with van der Waals surface area (Å²) in [6.45, 7) is 4.36. The highest BCUT2D eigenvalue weighted by molar-refractivity contribution is 7.18. The molecule has 2 aliphatic rings. The number of aliphatic carboxylic acids is 1. The number of hydrogen-bond acceptors (Lipinski definition) is 9. The molecule has 3 heterocycles. The first-order valence-corrected chi connectivity index (χ1v) is 15.2. The molecule has 0 bridgehead atoms. The molecule has 1 aromatic carbocycles. The number of aldehydes is 1. The summed E-state index contributed by atoms with van der Waals surface area (Å²) in [7, 11) is 0. The SMILES string of the molecule is CC(C)[C@](NCCCCC=O)(C(=O)O)N(C[C@H]1CN(c2ccc(N3CCOCC3=O)cc2)C(=O)O1)C(=O)c1ccc(Cl)s1.Cl. The van der Waals surface area contributed by atoms with Crippen molar-refractivity contribution >= 4 is 76.9 Å². The summed E-state index contributed by atoms with van der Waals surface area (Å²) in [4.78, 5) is 67.3. The molecule has 2 aliphatic heterocycles. The van der Waals surface area contributed by atoms with Gasteiger partial charge < -0.3 is 29.2 Å². The molecule has 240 valence electrons. The predicted octanol–water partition coefficient (Wildman–Crippen LogP) is 4.05. The number of unbranched alkanes of at least 4 members (excludes halogenated alkanes) is 2. The topological polar surface area (TPSA) is 146 Å². The molecule has 2 aromatic rings. The zero-order chi connectivity index (χ0) is 31.1. The number of nitrogens with zero attached hydrogens (tertiary/aromatic N) is 3. The van der Waals surface area contributed by atoms with Crippen molar-refractivity contribution in [1.82, 2.24) is 10.2 Å². The van der Waals surface area contributed by atoms with E-state index in [0.29, 0.717) is 48.1 Å². The third-order valence-electron chi connectivity index (χ3n) is 7.48. The molecule has 2 saturated heterocycles. The highest BCUT2D eigenvalue weighted by Crippen LogP contribution is 2.32. The van der Waals surface area contributed by atoms with E-state index in [1.54, 1.807) is 49.1 Å². The third-order valence-corrected chi connectivity index (χ3v) is 8.70. The lowest BCUT2D eigenvalue weighted by Crippen LogP contribution is -2.70. The van der Waals surface area contributed by atoms with Crippen molar-refractivity contribution in [2.24, 2.45) is 5.92 Å². The monoisotopic (exact) mass is 670 g/mol. The second-order valence-electron chi connectivity index (χ2n) is 10.6. The Morgan fingerprint density at radius 2 is 1.84 bits per heavy atom. The van der Waals surface area contributed by atoms with Gasteiger partial charge in [-0.05, 0) is 55.8 Å². The van der Waals surface area contributed by atoms with Gasteiger partial charge in [0.05, 0.1) is 28.9 Å². The van der Waals surface area contributed by atoms with Crippen molar-refractivity contribution in [2.45, 2.75) is 44.9 Å². The van der Waals surface area contributed by atoms with Gasteiger partial charge in [-0.15, -0.1) is 23.7 Å². The molecule has 3 amide bonds. The number of ether oxygens (including phenoxy) is 2. The Kier molecular flexibility index (Phi) is 12.6. The summed E-state index contributed by atoms with van der Waals surface area (Å²) in [6, 6.07) is 9.97. The minimum Gasteiger partial charge on any atom is -0.478 e. The maximum atomic E-state index is 13.9. The van der Waals surface area contributed by atoms with Crippen LogP contribution in [0.25, 0.3) is 0 Å². The number of cyclic esters (lactones) is 1. The number of benzene rings is 1. The number of carboxylic acids is 1. The van der Waals surface area contributed by atoms with Gasteiger partial charge in [-0.1, -0.05) is 25.4 Å². The van der Waals surface area contributed by atoms with Crippen LogP contribution in [0.2, 0.25) is 4.34 Å². The van der Waals surface area contributed by atoms with Gasteiger partial charge in [-0.2, -0.15) is 0 Å². The van der Waals surface area contributed by atoms with Crippen LogP contribution in [0.15, 0.2) is 36.4 Å².